The SMILES string of the molecule is O=CC1(CCCl)CCCOC1. The molecular weight excluding hydrogens is 164 g/mol. The molecule has 0 radical (unpaired) electrons. The van der Waals surface area contributed by atoms with E-state index in [2.05, 4.69) is 0 Å². The Balaban J connectivity index is 2.49. The molecule has 0 bridgehead atoms. The molecule has 3 heteroatoms. The van der Waals surface area contributed by atoms with Crippen LogP contribution in [0.25, 0.3) is 0 Å². The molecule has 0 N–H and O–H groups in total. The van der Waals surface area contributed by atoms with Crippen LogP contribution in [-0.2, 0) is 9.53 Å². The third kappa shape index (κ3) is 2.17. The lowest BCUT2D eigenvalue weighted by Crippen LogP contribution is -2.33. The lowest BCUT2D eigenvalue weighted by Gasteiger charge is -2.30. The van der Waals surface area contributed by atoms with Gasteiger partial charge in [0.25, 0.3) is 0 Å². The number of alkyl halides is 1. The van der Waals surface area contributed by atoms with E-state index >= 15 is 0 Å². The first-order valence-electron chi connectivity index (χ1n) is 3.93. The summed E-state index contributed by atoms with van der Waals surface area (Å²) in [5.41, 5.74) is -0.264. The van der Waals surface area contributed by atoms with Crippen molar-refractivity contribution in [1.29, 1.82) is 0 Å². The Hall–Kier alpha value is -0.0800. The molecule has 0 spiro atoms. The Morgan fingerprint density at radius 1 is 1.64 bits per heavy atom. The minimum atomic E-state index is -0.264. The molecular formula is C8H13ClO2. The number of halogens is 1. The highest BCUT2D eigenvalue weighted by Gasteiger charge is 2.31. The van der Waals surface area contributed by atoms with E-state index in [0.717, 1.165) is 32.2 Å². The predicted molar refractivity (Wildman–Crippen MR) is 43.9 cm³/mol. The lowest BCUT2D eigenvalue weighted by atomic mass is 9.82. The van der Waals surface area contributed by atoms with Gasteiger partial charge in [-0.1, -0.05) is 0 Å². The third-order valence-electron chi connectivity index (χ3n) is 2.20. The summed E-state index contributed by atoms with van der Waals surface area (Å²) in [5, 5.41) is 0. The van der Waals surface area contributed by atoms with Gasteiger partial charge in [0.05, 0.1) is 12.0 Å². The summed E-state index contributed by atoms with van der Waals surface area (Å²) in [7, 11) is 0. The van der Waals surface area contributed by atoms with Gasteiger partial charge in [-0.3, -0.25) is 0 Å². The van der Waals surface area contributed by atoms with Crippen molar-refractivity contribution in [3.05, 3.63) is 0 Å². The molecule has 0 aromatic rings. The number of carbonyl (C=O) groups excluding carboxylic acids is 1. The normalized spacial score (nSPS) is 31.7. The molecule has 1 heterocycles. The minimum absolute atomic E-state index is 0.264. The fraction of sp³-hybridized carbons (Fsp3) is 0.875. The summed E-state index contributed by atoms with van der Waals surface area (Å²) in [6, 6.07) is 0. The molecule has 1 atom stereocenters. The Morgan fingerprint density at radius 2 is 2.45 bits per heavy atom. The van der Waals surface area contributed by atoms with E-state index < -0.39 is 0 Å². The number of hydrogen-bond acceptors (Lipinski definition) is 2. The summed E-state index contributed by atoms with van der Waals surface area (Å²) in [6.45, 7) is 1.35. The van der Waals surface area contributed by atoms with Crippen LogP contribution in [0.2, 0.25) is 0 Å². The topological polar surface area (TPSA) is 26.3 Å². The maximum absolute atomic E-state index is 10.7. The van der Waals surface area contributed by atoms with Crippen LogP contribution < -0.4 is 0 Å². The molecule has 0 amide bonds. The second-order valence-corrected chi connectivity index (χ2v) is 3.45. The number of rotatable bonds is 3. The fourth-order valence-corrected chi connectivity index (χ4v) is 1.79. The first-order chi connectivity index (χ1) is 5.33. The maximum Gasteiger partial charge on any atom is 0.128 e. The van der Waals surface area contributed by atoms with Crippen molar-refractivity contribution in [2.45, 2.75) is 19.3 Å². The number of ether oxygens (including phenoxy) is 1. The van der Waals surface area contributed by atoms with Gasteiger partial charge >= 0.3 is 0 Å². The van der Waals surface area contributed by atoms with Gasteiger partial charge in [-0.05, 0) is 19.3 Å². The minimum Gasteiger partial charge on any atom is -0.380 e. The van der Waals surface area contributed by atoms with Crippen LogP contribution in [0.1, 0.15) is 19.3 Å². The molecule has 1 aliphatic rings. The fourth-order valence-electron chi connectivity index (χ4n) is 1.41. The molecule has 1 fully saturated rings. The molecule has 0 aliphatic carbocycles. The van der Waals surface area contributed by atoms with Crippen LogP contribution in [0.5, 0.6) is 0 Å². The zero-order valence-electron chi connectivity index (χ0n) is 6.51. The van der Waals surface area contributed by atoms with Crippen LogP contribution in [0.4, 0.5) is 0 Å². The zero-order valence-corrected chi connectivity index (χ0v) is 7.27. The van der Waals surface area contributed by atoms with E-state index in [1.54, 1.807) is 0 Å². The summed E-state index contributed by atoms with van der Waals surface area (Å²) >= 11 is 5.59. The molecule has 1 saturated heterocycles. The van der Waals surface area contributed by atoms with Crippen LogP contribution in [0.3, 0.4) is 0 Å². The highest BCUT2D eigenvalue weighted by atomic mass is 35.5. The van der Waals surface area contributed by atoms with Gasteiger partial charge in [0.2, 0.25) is 0 Å². The predicted octanol–water partition coefficient (Wildman–Crippen LogP) is 1.61. The Bertz CT molecular complexity index is 125. The smallest absolute Gasteiger partial charge is 0.128 e. The van der Waals surface area contributed by atoms with Crippen molar-refractivity contribution < 1.29 is 9.53 Å². The number of aldehydes is 1. The molecule has 11 heavy (non-hydrogen) atoms. The first kappa shape index (κ1) is 9.01. The van der Waals surface area contributed by atoms with E-state index in [0.29, 0.717) is 12.5 Å². The van der Waals surface area contributed by atoms with Gasteiger partial charge in [0.15, 0.2) is 0 Å². The zero-order chi connectivity index (χ0) is 8.16. The van der Waals surface area contributed by atoms with Crippen LogP contribution in [0, 0.1) is 5.41 Å². The average molecular weight is 177 g/mol. The lowest BCUT2D eigenvalue weighted by molar-refractivity contribution is -0.123. The van der Waals surface area contributed by atoms with Gasteiger partial charge < -0.3 is 9.53 Å². The highest BCUT2D eigenvalue weighted by molar-refractivity contribution is 6.17. The largest absolute Gasteiger partial charge is 0.380 e. The summed E-state index contributed by atoms with van der Waals surface area (Å²) < 4.78 is 5.24. The van der Waals surface area contributed by atoms with E-state index in [-0.39, 0.29) is 5.41 Å². The molecule has 0 saturated carbocycles. The van der Waals surface area contributed by atoms with Crippen molar-refractivity contribution in [3.63, 3.8) is 0 Å². The summed E-state index contributed by atoms with van der Waals surface area (Å²) in [6.07, 6.45) is 3.67. The van der Waals surface area contributed by atoms with Crippen molar-refractivity contribution >= 4 is 17.9 Å². The molecule has 0 aromatic heterocycles. The number of hydrogen-bond donors (Lipinski definition) is 0. The Morgan fingerprint density at radius 3 is 2.91 bits per heavy atom. The van der Waals surface area contributed by atoms with E-state index in [1.165, 1.54) is 0 Å². The van der Waals surface area contributed by atoms with E-state index in [1.807, 2.05) is 0 Å². The second-order valence-electron chi connectivity index (χ2n) is 3.08. The highest BCUT2D eigenvalue weighted by Crippen LogP contribution is 2.30. The van der Waals surface area contributed by atoms with Gasteiger partial charge in [0, 0.05) is 12.5 Å². The van der Waals surface area contributed by atoms with Gasteiger partial charge in [0.1, 0.15) is 6.29 Å². The molecule has 2 nitrogen and oxygen atoms in total. The third-order valence-corrected chi connectivity index (χ3v) is 2.38. The molecule has 64 valence electrons. The Kier molecular flexibility index (Phi) is 3.34. The van der Waals surface area contributed by atoms with E-state index in [4.69, 9.17) is 16.3 Å². The molecule has 1 unspecified atom stereocenters. The van der Waals surface area contributed by atoms with Crippen LogP contribution in [0.15, 0.2) is 0 Å². The molecule has 1 aliphatic heterocycles. The molecule has 1 rings (SSSR count). The van der Waals surface area contributed by atoms with Gasteiger partial charge in [-0.15, -0.1) is 11.6 Å². The van der Waals surface area contributed by atoms with Crippen LogP contribution in [-0.4, -0.2) is 25.4 Å². The number of carbonyl (C=O) groups is 1. The quantitative estimate of drug-likeness (QED) is 0.483. The van der Waals surface area contributed by atoms with Gasteiger partial charge in [-0.2, -0.15) is 0 Å². The van der Waals surface area contributed by atoms with Crippen LogP contribution >= 0.6 is 11.6 Å². The molecule has 0 aromatic carbocycles. The Labute approximate surface area is 71.9 Å². The average Bonchev–Trinajstić information content (AvgIpc) is 2.07. The van der Waals surface area contributed by atoms with Crippen molar-refractivity contribution in [2.75, 3.05) is 19.1 Å². The second kappa shape index (κ2) is 4.07. The van der Waals surface area contributed by atoms with Gasteiger partial charge in [-0.25, -0.2) is 0 Å². The summed E-state index contributed by atoms with van der Waals surface area (Å²) in [5.74, 6) is 0.544. The maximum atomic E-state index is 10.7. The van der Waals surface area contributed by atoms with Crippen molar-refractivity contribution in [3.8, 4) is 0 Å². The van der Waals surface area contributed by atoms with Crippen molar-refractivity contribution in [2.24, 2.45) is 5.41 Å². The van der Waals surface area contributed by atoms with Crippen molar-refractivity contribution in [1.82, 2.24) is 0 Å². The van der Waals surface area contributed by atoms with E-state index in [9.17, 15) is 4.79 Å². The first-order valence-corrected chi connectivity index (χ1v) is 4.46. The summed E-state index contributed by atoms with van der Waals surface area (Å²) in [4.78, 5) is 10.7. The monoisotopic (exact) mass is 176 g/mol. The standard InChI is InChI=1S/C8H13ClO2/c9-4-3-8(6-10)2-1-5-11-7-8/h6H,1-5,7H2.